The van der Waals surface area contributed by atoms with E-state index in [-0.39, 0.29) is 18.4 Å². The highest BCUT2D eigenvalue weighted by Crippen LogP contribution is 2.21. The first-order valence-electron chi connectivity index (χ1n) is 8.51. The third-order valence-electron chi connectivity index (χ3n) is 4.33. The monoisotopic (exact) mass is 342 g/mol. The summed E-state index contributed by atoms with van der Waals surface area (Å²) in [6.45, 7) is 4.47. The Labute approximate surface area is 146 Å². The molecule has 3 rings (SSSR count). The van der Waals surface area contributed by atoms with Crippen LogP contribution in [-0.4, -0.2) is 39.9 Å². The maximum Gasteiger partial charge on any atom is 0.249 e. The Balaban J connectivity index is 1.62. The number of carbonyl (C=O) groups excluding carboxylic acids is 2. The summed E-state index contributed by atoms with van der Waals surface area (Å²) in [6, 6.07) is 7.35. The van der Waals surface area contributed by atoms with Gasteiger partial charge in [0.2, 0.25) is 23.5 Å². The number of amides is 2. The van der Waals surface area contributed by atoms with Gasteiger partial charge >= 0.3 is 0 Å². The first kappa shape index (κ1) is 17.1. The van der Waals surface area contributed by atoms with Gasteiger partial charge in [-0.2, -0.15) is 4.98 Å². The number of carbonyl (C=O) groups is 2. The smallest absolute Gasteiger partial charge is 0.249 e. The number of benzene rings is 1. The number of rotatable bonds is 5. The van der Waals surface area contributed by atoms with Crippen LogP contribution in [0.4, 0.5) is 0 Å². The average molecular weight is 342 g/mol. The molecule has 0 radical (unpaired) electrons. The van der Waals surface area contributed by atoms with E-state index in [0.717, 1.165) is 24.0 Å². The van der Waals surface area contributed by atoms with E-state index >= 15 is 0 Å². The van der Waals surface area contributed by atoms with Crippen molar-refractivity contribution in [2.45, 2.75) is 39.2 Å². The van der Waals surface area contributed by atoms with E-state index < -0.39 is 6.04 Å². The van der Waals surface area contributed by atoms with Crippen molar-refractivity contribution in [2.75, 3.05) is 13.1 Å². The Morgan fingerprint density at radius 2 is 2.16 bits per heavy atom. The molecule has 1 aliphatic rings. The summed E-state index contributed by atoms with van der Waals surface area (Å²) in [5, 5.41) is 6.82. The van der Waals surface area contributed by atoms with Gasteiger partial charge in [0, 0.05) is 18.5 Å². The van der Waals surface area contributed by atoms with Crippen molar-refractivity contribution in [1.29, 1.82) is 0 Å². The third-order valence-corrected chi connectivity index (χ3v) is 4.33. The molecule has 1 aromatic carbocycles. The zero-order chi connectivity index (χ0) is 17.8. The Morgan fingerprint density at radius 3 is 2.92 bits per heavy atom. The van der Waals surface area contributed by atoms with E-state index in [9.17, 15) is 9.59 Å². The van der Waals surface area contributed by atoms with E-state index in [0.29, 0.717) is 24.7 Å². The van der Waals surface area contributed by atoms with E-state index in [4.69, 9.17) is 4.52 Å². The van der Waals surface area contributed by atoms with Crippen molar-refractivity contribution in [3.63, 3.8) is 0 Å². The SMILES string of the molecule is Cc1ccccc1-c1noc(C(C)NC(=O)CN2CCCCC2=O)n1. The minimum atomic E-state index is -0.419. The molecule has 2 heterocycles. The molecule has 1 saturated heterocycles. The quantitative estimate of drug-likeness (QED) is 0.900. The van der Waals surface area contributed by atoms with Gasteiger partial charge < -0.3 is 14.7 Å². The van der Waals surface area contributed by atoms with Gasteiger partial charge in [-0.3, -0.25) is 9.59 Å². The number of nitrogens with one attached hydrogen (secondary N) is 1. The summed E-state index contributed by atoms with van der Waals surface area (Å²) in [7, 11) is 0. The number of hydrogen-bond donors (Lipinski definition) is 1. The van der Waals surface area contributed by atoms with Gasteiger partial charge in [0.05, 0.1) is 6.54 Å². The lowest BCUT2D eigenvalue weighted by Crippen LogP contribution is -2.43. The lowest BCUT2D eigenvalue weighted by atomic mass is 10.1. The van der Waals surface area contributed by atoms with Crippen LogP contribution in [0.5, 0.6) is 0 Å². The van der Waals surface area contributed by atoms with Gasteiger partial charge in [-0.1, -0.05) is 29.4 Å². The summed E-state index contributed by atoms with van der Waals surface area (Å²) in [5.41, 5.74) is 1.95. The maximum absolute atomic E-state index is 12.2. The molecule has 0 aliphatic carbocycles. The number of hydrogen-bond acceptors (Lipinski definition) is 5. The molecule has 132 valence electrons. The second-order valence-electron chi connectivity index (χ2n) is 6.33. The van der Waals surface area contributed by atoms with E-state index in [1.54, 1.807) is 11.8 Å². The molecular formula is C18H22N4O3. The van der Waals surface area contributed by atoms with Crippen LogP contribution in [0.15, 0.2) is 28.8 Å². The normalized spacial score (nSPS) is 15.9. The van der Waals surface area contributed by atoms with Crippen LogP contribution in [0.1, 0.15) is 43.7 Å². The van der Waals surface area contributed by atoms with Gasteiger partial charge in [0.15, 0.2) is 0 Å². The molecule has 0 saturated carbocycles. The van der Waals surface area contributed by atoms with Gasteiger partial charge in [-0.05, 0) is 32.3 Å². The molecule has 1 aliphatic heterocycles. The Bertz CT molecular complexity index is 771. The summed E-state index contributed by atoms with van der Waals surface area (Å²) < 4.78 is 5.29. The fourth-order valence-electron chi connectivity index (χ4n) is 2.90. The minimum Gasteiger partial charge on any atom is -0.343 e. The van der Waals surface area contributed by atoms with E-state index in [1.165, 1.54) is 0 Å². The van der Waals surface area contributed by atoms with Crippen LogP contribution in [0.2, 0.25) is 0 Å². The zero-order valence-corrected chi connectivity index (χ0v) is 14.5. The Morgan fingerprint density at radius 1 is 1.36 bits per heavy atom. The first-order valence-corrected chi connectivity index (χ1v) is 8.51. The summed E-state index contributed by atoms with van der Waals surface area (Å²) in [4.78, 5) is 29.9. The van der Waals surface area contributed by atoms with Crippen LogP contribution in [0, 0.1) is 6.92 Å². The topological polar surface area (TPSA) is 88.3 Å². The van der Waals surface area contributed by atoms with Gasteiger partial charge in [-0.25, -0.2) is 0 Å². The average Bonchev–Trinajstić information content (AvgIpc) is 3.07. The van der Waals surface area contributed by atoms with Crippen LogP contribution in [-0.2, 0) is 9.59 Å². The molecule has 0 spiro atoms. The zero-order valence-electron chi connectivity index (χ0n) is 14.5. The first-order chi connectivity index (χ1) is 12.0. The lowest BCUT2D eigenvalue weighted by Gasteiger charge is -2.26. The highest BCUT2D eigenvalue weighted by molar-refractivity contribution is 5.85. The van der Waals surface area contributed by atoms with Crippen LogP contribution < -0.4 is 5.32 Å². The van der Waals surface area contributed by atoms with Crippen molar-refractivity contribution >= 4 is 11.8 Å². The van der Waals surface area contributed by atoms with Gasteiger partial charge in [0.25, 0.3) is 0 Å². The fraction of sp³-hybridized carbons (Fsp3) is 0.444. The molecule has 1 atom stereocenters. The van der Waals surface area contributed by atoms with Crippen molar-refractivity contribution in [2.24, 2.45) is 0 Å². The molecule has 2 aromatic rings. The van der Waals surface area contributed by atoms with Crippen molar-refractivity contribution < 1.29 is 14.1 Å². The van der Waals surface area contributed by atoms with E-state index in [1.807, 2.05) is 31.2 Å². The van der Waals surface area contributed by atoms with Crippen LogP contribution in [0.3, 0.4) is 0 Å². The largest absolute Gasteiger partial charge is 0.343 e. The van der Waals surface area contributed by atoms with Gasteiger partial charge in [0.1, 0.15) is 6.04 Å². The number of aryl methyl sites for hydroxylation is 1. The standard InChI is InChI=1S/C18H22N4O3/c1-12-7-3-4-8-14(12)17-20-18(25-21-17)13(2)19-15(23)11-22-10-6-5-9-16(22)24/h3-4,7-8,13H,5-6,9-11H2,1-2H3,(H,19,23). The lowest BCUT2D eigenvalue weighted by molar-refractivity contribution is -0.138. The Kier molecular flexibility index (Phi) is 5.11. The second-order valence-corrected chi connectivity index (χ2v) is 6.33. The predicted octanol–water partition coefficient (Wildman–Crippen LogP) is 2.23. The molecule has 1 unspecified atom stereocenters. The minimum absolute atomic E-state index is 0.0358. The molecule has 7 nitrogen and oxygen atoms in total. The molecule has 25 heavy (non-hydrogen) atoms. The van der Waals surface area contributed by atoms with Crippen LogP contribution in [0.25, 0.3) is 11.4 Å². The summed E-state index contributed by atoms with van der Waals surface area (Å²) in [6.07, 6.45) is 2.36. The fourth-order valence-corrected chi connectivity index (χ4v) is 2.90. The molecule has 2 amide bonds. The number of nitrogens with zero attached hydrogens (tertiary/aromatic N) is 3. The molecule has 1 aromatic heterocycles. The van der Waals surface area contributed by atoms with Crippen molar-refractivity contribution in [1.82, 2.24) is 20.4 Å². The van der Waals surface area contributed by atoms with Crippen molar-refractivity contribution in [3.8, 4) is 11.4 Å². The van der Waals surface area contributed by atoms with Gasteiger partial charge in [-0.15, -0.1) is 0 Å². The highest BCUT2D eigenvalue weighted by Gasteiger charge is 2.23. The van der Waals surface area contributed by atoms with Crippen LogP contribution >= 0.6 is 0 Å². The number of likely N-dealkylation sites (tertiary alicyclic amines) is 1. The molecular weight excluding hydrogens is 320 g/mol. The maximum atomic E-state index is 12.2. The molecule has 7 heteroatoms. The molecule has 1 N–H and O–H groups in total. The summed E-state index contributed by atoms with van der Waals surface area (Å²) in [5.74, 6) is 0.657. The third kappa shape index (κ3) is 4.04. The molecule has 1 fully saturated rings. The van der Waals surface area contributed by atoms with Crippen molar-refractivity contribution in [3.05, 3.63) is 35.7 Å². The summed E-state index contributed by atoms with van der Waals surface area (Å²) >= 11 is 0. The number of aromatic nitrogens is 2. The molecule has 0 bridgehead atoms. The predicted molar refractivity (Wildman–Crippen MR) is 91.5 cm³/mol. The number of piperidine rings is 1. The second kappa shape index (κ2) is 7.46. The van der Waals surface area contributed by atoms with E-state index in [2.05, 4.69) is 15.5 Å². The highest BCUT2D eigenvalue weighted by atomic mass is 16.5. The Hall–Kier alpha value is -2.70.